The number of fused-ring (bicyclic) bond motifs is 1. The molecule has 20 heavy (non-hydrogen) atoms. The summed E-state index contributed by atoms with van der Waals surface area (Å²) in [5, 5.41) is 15.8. The number of hydrogen-bond acceptors (Lipinski definition) is 3. The van der Waals surface area contributed by atoms with Crippen molar-refractivity contribution in [2.45, 2.75) is 26.5 Å². The highest BCUT2D eigenvalue weighted by Gasteiger charge is 2.15. The normalized spacial score (nSPS) is 12.8. The van der Waals surface area contributed by atoms with Crippen molar-refractivity contribution in [1.29, 1.82) is 0 Å². The number of aromatic nitrogens is 3. The molecule has 2 heterocycles. The Hall–Kier alpha value is -2.20. The van der Waals surface area contributed by atoms with Crippen LogP contribution in [0.25, 0.3) is 10.9 Å². The van der Waals surface area contributed by atoms with Gasteiger partial charge >= 0.3 is 0 Å². The molecule has 0 aliphatic carbocycles. The van der Waals surface area contributed by atoms with Gasteiger partial charge < -0.3 is 5.11 Å². The standard InChI is InChI=1S/C16H17N3O/c1-3-19-15(8-9-17-19)16(20)13-6-7-14-12(10-13)5-4-11(2)18-14/h4-10,16,20H,3H2,1-2H3. The molecule has 1 unspecified atom stereocenters. The maximum atomic E-state index is 10.5. The molecule has 0 aliphatic rings. The number of benzene rings is 1. The zero-order valence-electron chi connectivity index (χ0n) is 11.6. The van der Waals surface area contributed by atoms with Gasteiger partial charge in [-0.05, 0) is 43.7 Å². The fraction of sp³-hybridized carbons (Fsp3) is 0.250. The second-order valence-electron chi connectivity index (χ2n) is 4.88. The molecule has 4 heteroatoms. The molecule has 2 aromatic heterocycles. The first kappa shape index (κ1) is 12.8. The minimum absolute atomic E-state index is 0.664. The molecule has 0 aliphatic heterocycles. The van der Waals surface area contributed by atoms with Gasteiger partial charge in [0.15, 0.2) is 0 Å². The van der Waals surface area contributed by atoms with E-state index in [2.05, 4.69) is 10.1 Å². The van der Waals surface area contributed by atoms with Gasteiger partial charge in [0.25, 0.3) is 0 Å². The van der Waals surface area contributed by atoms with E-state index in [1.807, 2.05) is 54.9 Å². The Morgan fingerprint density at radius 3 is 2.85 bits per heavy atom. The van der Waals surface area contributed by atoms with Gasteiger partial charge in [-0.3, -0.25) is 9.67 Å². The summed E-state index contributed by atoms with van der Waals surface area (Å²) in [5.41, 5.74) is 3.62. The number of pyridine rings is 1. The minimum atomic E-state index is -0.664. The maximum Gasteiger partial charge on any atom is 0.121 e. The molecule has 0 fully saturated rings. The molecule has 3 aromatic rings. The third kappa shape index (κ3) is 2.18. The molecule has 1 atom stereocenters. The van der Waals surface area contributed by atoms with Crippen molar-refractivity contribution < 1.29 is 5.11 Å². The average Bonchev–Trinajstić information content (AvgIpc) is 2.94. The van der Waals surface area contributed by atoms with Crippen molar-refractivity contribution in [2.24, 2.45) is 0 Å². The first-order chi connectivity index (χ1) is 9.69. The SMILES string of the molecule is CCn1nccc1C(O)c1ccc2nc(C)ccc2c1. The van der Waals surface area contributed by atoms with Gasteiger partial charge in [0, 0.05) is 23.8 Å². The molecular weight excluding hydrogens is 250 g/mol. The zero-order chi connectivity index (χ0) is 14.1. The smallest absolute Gasteiger partial charge is 0.121 e. The van der Waals surface area contributed by atoms with E-state index >= 15 is 0 Å². The number of hydrogen-bond donors (Lipinski definition) is 1. The summed E-state index contributed by atoms with van der Waals surface area (Å²) in [5.74, 6) is 0. The first-order valence-electron chi connectivity index (χ1n) is 6.76. The zero-order valence-corrected chi connectivity index (χ0v) is 11.6. The molecule has 4 nitrogen and oxygen atoms in total. The Bertz CT molecular complexity index is 748. The number of aliphatic hydroxyl groups is 1. The van der Waals surface area contributed by atoms with Crippen LogP contribution in [0.5, 0.6) is 0 Å². The van der Waals surface area contributed by atoms with Gasteiger partial charge in [0.05, 0.1) is 11.2 Å². The Morgan fingerprint density at radius 1 is 1.20 bits per heavy atom. The summed E-state index contributed by atoms with van der Waals surface area (Å²) in [4.78, 5) is 4.47. The van der Waals surface area contributed by atoms with Crippen molar-refractivity contribution in [1.82, 2.24) is 14.8 Å². The molecule has 0 saturated carbocycles. The van der Waals surface area contributed by atoms with Crippen molar-refractivity contribution in [3.8, 4) is 0 Å². The lowest BCUT2D eigenvalue weighted by atomic mass is 10.0. The largest absolute Gasteiger partial charge is 0.382 e. The van der Waals surface area contributed by atoms with Crippen molar-refractivity contribution >= 4 is 10.9 Å². The highest BCUT2D eigenvalue weighted by Crippen LogP contribution is 2.24. The maximum absolute atomic E-state index is 10.5. The third-order valence-corrected chi connectivity index (χ3v) is 3.50. The minimum Gasteiger partial charge on any atom is -0.382 e. The lowest BCUT2D eigenvalue weighted by Crippen LogP contribution is -2.09. The van der Waals surface area contributed by atoms with E-state index in [0.717, 1.165) is 34.4 Å². The van der Waals surface area contributed by atoms with Crippen molar-refractivity contribution in [3.63, 3.8) is 0 Å². The monoisotopic (exact) mass is 267 g/mol. The highest BCUT2D eigenvalue weighted by molar-refractivity contribution is 5.79. The van der Waals surface area contributed by atoms with Crippen LogP contribution in [0.1, 0.15) is 30.0 Å². The van der Waals surface area contributed by atoms with Gasteiger partial charge in [-0.25, -0.2) is 0 Å². The molecule has 0 amide bonds. The third-order valence-electron chi connectivity index (χ3n) is 3.50. The molecule has 1 aromatic carbocycles. The van der Waals surface area contributed by atoms with Crippen molar-refractivity contribution in [3.05, 3.63) is 59.5 Å². The van der Waals surface area contributed by atoms with E-state index in [-0.39, 0.29) is 0 Å². The molecular formula is C16H17N3O. The number of aryl methyl sites for hydroxylation is 2. The highest BCUT2D eigenvalue weighted by atomic mass is 16.3. The van der Waals surface area contributed by atoms with Crippen LogP contribution in [-0.4, -0.2) is 19.9 Å². The summed E-state index contributed by atoms with van der Waals surface area (Å²) in [7, 11) is 0. The summed E-state index contributed by atoms with van der Waals surface area (Å²) in [6.07, 6.45) is 1.05. The van der Waals surface area contributed by atoms with E-state index in [0.29, 0.717) is 0 Å². The van der Waals surface area contributed by atoms with Gasteiger partial charge in [0.1, 0.15) is 6.10 Å². The van der Waals surface area contributed by atoms with E-state index in [1.165, 1.54) is 0 Å². The van der Waals surface area contributed by atoms with Crippen LogP contribution < -0.4 is 0 Å². The summed E-state index contributed by atoms with van der Waals surface area (Å²) >= 11 is 0. The van der Waals surface area contributed by atoms with Gasteiger partial charge in [-0.2, -0.15) is 5.10 Å². The summed E-state index contributed by atoms with van der Waals surface area (Å²) < 4.78 is 1.81. The van der Waals surface area contributed by atoms with Gasteiger partial charge in [-0.15, -0.1) is 0 Å². The quantitative estimate of drug-likeness (QED) is 0.794. The van der Waals surface area contributed by atoms with E-state index in [4.69, 9.17) is 0 Å². The summed E-state index contributed by atoms with van der Waals surface area (Å²) in [6.45, 7) is 4.73. The Kier molecular flexibility index (Phi) is 3.24. The molecule has 0 spiro atoms. The topological polar surface area (TPSA) is 50.9 Å². The van der Waals surface area contributed by atoms with Crippen LogP contribution in [0.3, 0.4) is 0 Å². The lowest BCUT2D eigenvalue weighted by molar-refractivity contribution is 0.208. The van der Waals surface area contributed by atoms with E-state index in [1.54, 1.807) is 6.20 Å². The van der Waals surface area contributed by atoms with Crippen molar-refractivity contribution in [2.75, 3.05) is 0 Å². The fourth-order valence-corrected chi connectivity index (χ4v) is 2.43. The second kappa shape index (κ2) is 5.06. The molecule has 1 N–H and O–H groups in total. The van der Waals surface area contributed by atoms with E-state index < -0.39 is 6.10 Å². The Labute approximate surface area is 117 Å². The number of rotatable bonds is 3. The van der Waals surface area contributed by atoms with Crippen LogP contribution in [-0.2, 0) is 6.54 Å². The number of aliphatic hydroxyl groups excluding tert-OH is 1. The molecule has 0 radical (unpaired) electrons. The van der Waals surface area contributed by atoms with E-state index in [9.17, 15) is 5.11 Å². The molecule has 102 valence electrons. The van der Waals surface area contributed by atoms with Crippen LogP contribution in [0, 0.1) is 6.92 Å². The average molecular weight is 267 g/mol. The Morgan fingerprint density at radius 2 is 2.05 bits per heavy atom. The van der Waals surface area contributed by atoms with Gasteiger partial charge in [0.2, 0.25) is 0 Å². The van der Waals surface area contributed by atoms with Gasteiger partial charge in [-0.1, -0.05) is 12.1 Å². The van der Waals surface area contributed by atoms with Crippen LogP contribution in [0.2, 0.25) is 0 Å². The molecule has 0 saturated heterocycles. The predicted molar refractivity (Wildman–Crippen MR) is 78.4 cm³/mol. The van der Waals surface area contributed by atoms with Crippen LogP contribution in [0.4, 0.5) is 0 Å². The molecule has 0 bridgehead atoms. The molecule has 3 rings (SSSR count). The first-order valence-corrected chi connectivity index (χ1v) is 6.76. The van der Waals surface area contributed by atoms with Crippen LogP contribution >= 0.6 is 0 Å². The number of nitrogens with zero attached hydrogens (tertiary/aromatic N) is 3. The fourth-order valence-electron chi connectivity index (χ4n) is 2.43. The summed E-state index contributed by atoms with van der Waals surface area (Å²) in [6, 6.07) is 11.7. The predicted octanol–water partition coefficient (Wildman–Crippen LogP) is 2.84. The lowest BCUT2D eigenvalue weighted by Gasteiger charge is -2.13. The Balaban J connectivity index is 2.03. The second-order valence-corrected chi connectivity index (χ2v) is 4.88. The van der Waals surface area contributed by atoms with Crippen LogP contribution in [0.15, 0.2) is 42.6 Å².